The molecule has 1 aliphatic carbocycles. The largest absolute Gasteiger partial charge is 0.343 e. The molecule has 0 bridgehead atoms. The Hall–Kier alpha value is -2.21. The summed E-state index contributed by atoms with van der Waals surface area (Å²) >= 11 is 0. The number of hydrogen-bond acceptors (Lipinski definition) is 5. The minimum absolute atomic E-state index is 0.186. The molecular weight excluding hydrogens is 388 g/mol. The van der Waals surface area contributed by atoms with Gasteiger partial charge in [0.05, 0.1) is 6.04 Å². The summed E-state index contributed by atoms with van der Waals surface area (Å²) in [6.07, 6.45) is 10.4. The summed E-state index contributed by atoms with van der Waals surface area (Å²) in [7, 11) is 2.16. The van der Waals surface area contributed by atoms with Crippen molar-refractivity contribution in [1.29, 1.82) is 0 Å². The zero-order valence-corrected chi connectivity index (χ0v) is 18.6. The number of amides is 1. The molecule has 2 saturated heterocycles. The molecule has 3 fully saturated rings. The number of hydrogen-bond donors (Lipinski definition) is 0. The van der Waals surface area contributed by atoms with Crippen LogP contribution in [0.25, 0.3) is 11.5 Å². The molecule has 5 rings (SSSR count). The van der Waals surface area contributed by atoms with Crippen LogP contribution >= 0.6 is 0 Å². The Morgan fingerprint density at radius 3 is 2.65 bits per heavy atom. The number of aromatic nitrogens is 2. The van der Waals surface area contributed by atoms with Crippen molar-refractivity contribution in [1.82, 2.24) is 19.9 Å². The topological polar surface area (TPSA) is 62.5 Å². The molecule has 1 atom stereocenters. The molecule has 0 radical (unpaired) electrons. The van der Waals surface area contributed by atoms with E-state index in [1.807, 2.05) is 30.3 Å². The Morgan fingerprint density at radius 1 is 1.16 bits per heavy atom. The van der Waals surface area contributed by atoms with Crippen molar-refractivity contribution >= 4 is 5.91 Å². The smallest absolute Gasteiger partial charge is 0.257 e. The lowest BCUT2D eigenvalue weighted by molar-refractivity contribution is -0.133. The zero-order chi connectivity index (χ0) is 21.3. The number of likely N-dealkylation sites (tertiary alicyclic amines) is 2. The minimum Gasteiger partial charge on any atom is -0.343 e. The van der Waals surface area contributed by atoms with Crippen LogP contribution in [0.5, 0.6) is 0 Å². The first kappa shape index (κ1) is 20.7. The van der Waals surface area contributed by atoms with Gasteiger partial charge in [-0.05, 0) is 56.2 Å². The van der Waals surface area contributed by atoms with Crippen LogP contribution in [0.3, 0.4) is 0 Å². The molecule has 2 aliphatic heterocycles. The number of carbonyl (C=O) groups is 1. The predicted octanol–water partition coefficient (Wildman–Crippen LogP) is 4.69. The first-order chi connectivity index (χ1) is 15.1. The molecule has 3 heterocycles. The lowest BCUT2D eigenvalue weighted by atomic mass is 9.76. The van der Waals surface area contributed by atoms with Crippen LogP contribution in [0.1, 0.15) is 69.7 Å². The van der Waals surface area contributed by atoms with Crippen LogP contribution in [-0.2, 0) is 4.79 Å². The van der Waals surface area contributed by atoms with Gasteiger partial charge in [0.25, 0.3) is 5.89 Å². The van der Waals surface area contributed by atoms with Gasteiger partial charge in [-0.15, -0.1) is 0 Å². The molecule has 166 valence electrons. The SMILES string of the molecule is CN1CC2(CCN(C(=O)CCC3CCCC3)CC2)CC1c1noc(-c2ccccc2)n1. The second-order valence-corrected chi connectivity index (χ2v) is 10.0. The van der Waals surface area contributed by atoms with E-state index in [-0.39, 0.29) is 11.5 Å². The van der Waals surface area contributed by atoms with Gasteiger partial charge in [-0.1, -0.05) is 49.0 Å². The molecule has 0 N–H and O–H groups in total. The highest BCUT2D eigenvalue weighted by Crippen LogP contribution is 2.48. The Labute approximate surface area is 185 Å². The van der Waals surface area contributed by atoms with Crippen LogP contribution in [-0.4, -0.2) is 52.5 Å². The van der Waals surface area contributed by atoms with E-state index in [0.717, 1.165) is 69.0 Å². The number of carbonyl (C=O) groups excluding carboxylic acids is 1. The quantitative estimate of drug-likeness (QED) is 0.699. The predicted molar refractivity (Wildman–Crippen MR) is 119 cm³/mol. The zero-order valence-electron chi connectivity index (χ0n) is 18.6. The van der Waals surface area contributed by atoms with Gasteiger partial charge in [0.1, 0.15) is 0 Å². The van der Waals surface area contributed by atoms with E-state index in [4.69, 9.17) is 9.51 Å². The summed E-state index contributed by atoms with van der Waals surface area (Å²) in [6.45, 7) is 2.83. The van der Waals surface area contributed by atoms with Crippen molar-refractivity contribution in [2.24, 2.45) is 11.3 Å². The van der Waals surface area contributed by atoms with E-state index >= 15 is 0 Å². The molecule has 1 spiro atoms. The standard InChI is InChI=1S/C25H34N4O2/c1-28-18-25(13-15-29(16-14-25)22(30)12-11-19-7-5-6-8-19)17-21(28)23-26-24(31-27-23)20-9-3-2-4-10-20/h2-4,9-10,19,21H,5-8,11-18H2,1H3. The first-order valence-corrected chi connectivity index (χ1v) is 12.0. The van der Waals surface area contributed by atoms with Crippen LogP contribution in [0.2, 0.25) is 0 Å². The van der Waals surface area contributed by atoms with Crippen LogP contribution < -0.4 is 0 Å². The highest BCUT2D eigenvalue weighted by atomic mass is 16.5. The van der Waals surface area contributed by atoms with Crippen molar-refractivity contribution < 1.29 is 9.32 Å². The molecule has 1 amide bonds. The first-order valence-electron chi connectivity index (χ1n) is 12.0. The second kappa shape index (κ2) is 8.73. The third-order valence-electron chi connectivity index (χ3n) is 7.92. The summed E-state index contributed by atoms with van der Waals surface area (Å²) in [6, 6.07) is 10.1. The third kappa shape index (κ3) is 4.40. The molecule has 6 nitrogen and oxygen atoms in total. The average Bonchev–Trinajstić information content (AvgIpc) is 3.54. The van der Waals surface area contributed by atoms with E-state index in [1.165, 1.54) is 25.7 Å². The molecule has 3 aliphatic rings. The maximum atomic E-state index is 12.7. The molecule has 2 aromatic rings. The van der Waals surface area contributed by atoms with Gasteiger partial charge in [-0.3, -0.25) is 9.69 Å². The third-order valence-corrected chi connectivity index (χ3v) is 7.92. The maximum Gasteiger partial charge on any atom is 0.257 e. The summed E-state index contributed by atoms with van der Waals surface area (Å²) in [5.74, 6) is 2.54. The monoisotopic (exact) mass is 422 g/mol. The van der Waals surface area contributed by atoms with Gasteiger partial charge in [-0.25, -0.2) is 0 Å². The maximum absolute atomic E-state index is 12.7. The number of piperidine rings is 1. The van der Waals surface area contributed by atoms with E-state index < -0.39 is 0 Å². The van der Waals surface area contributed by atoms with Crippen molar-refractivity contribution in [2.75, 3.05) is 26.7 Å². The van der Waals surface area contributed by atoms with Crippen molar-refractivity contribution in [2.45, 2.75) is 63.8 Å². The number of nitrogens with zero attached hydrogens (tertiary/aromatic N) is 4. The Bertz CT molecular complexity index is 882. The van der Waals surface area contributed by atoms with Gasteiger partial charge < -0.3 is 9.42 Å². The molecule has 1 aromatic carbocycles. The van der Waals surface area contributed by atoms with E-state index in [1.54, 1.807) is 0 Å². The van der Waals surface area contributed by atoms with E-state index in [9.17, 15) is 4.79 Å². The molecule has 6 heteroatoms. The Kier molecular flexibility index (Phi) is 5.83. The highest BCUT2D eigenvalue weighted by molar-refractivity contribution is 5.76. The minimum atomic E-state index is 0.186. The van der Waals surface area contributed by atoms with Crippen LogP contribution in [0.15, 0.2) is 34.9 Å². The van der Waals surface area contributed by atoms with E-state index in [2.05, 4.69) is 22.0 Å². The number of benzene rings is 1. The number of rotatable bonds is 5. The lowest BCUT2D eigenvalue weighted by Crippen LogP contribution is -2.44. The fraction of sp³-hybridized carbons (Fsp3) is 0.640. The fourth-order valence-corrected chi connectivity index (χ4v) is 6.00. The van der Waals surface area contributed by atoms with Gasteiger partial charge in [0, 0.05) is 31.6 Å². The molecule has 1 saturated carbocycles. The van der Waals surface area contributed by atoms with Crippen LogP contribution in [0.4, 0.5) is 0 Å². The summed E-state index contributed by atoms with van der Waals surface area (Å²) in [4.78, 5) is 21.9. The molecule has 1 unspecified atom stereocenters. The van der Waals surface area contributed by atoms with Gasteiger partial charge in [0.15, 0.2) is 5.82 Å². The van der Waals surface area contributed by atoms with Crippen molar-refractivity contribution in [3.63, 3.8) is 0 Å². The molecular formula is C25H34N4O2. The van der Waals surface area contributed by atoms with Crippen molar-refractivity contribution in [3.8, 4) is 11.5 Å². The van der Waals surface area contributed by atoms with Gasteiger partial charge in [0.2, 0.25) is 5.91 Å². The fourth-order valence-electron chi connectivity index (χ4n) is 6.00. The summed E-state index contributed by atoms with van der Waals surface area (Å²) < 4.78 is 5.56. The normalized spacial score (nSPS) is 24.3. The van der Waals surface area contributed by atoms with Gasteiger partial charge >= 0.3 is 0 Å². The second-order valence-electron chi connectivity index (χ2n) is 10.0. The molecule has 31 heavy (non-hydrogen) atoms. The van der Waals surface area contributed by atoms with Gasteiger partial charge in [-0.2, -0.15) is 4.98 Å². The summed E-state index contributed by atoms with van der Waals surface area (Å²) in [5.41, 5.74) is 1.22. The van der Waals surface area contributed by atoms with Crippen LogP contribution in [0, 0.1) is 11.3 Å². The average molecular weight is 423 g/mol. The molecule has 1 aromatic heterocycles. The highest BCUT2D eigenvalue weighted by Gasteiger charge is 2.46. The Balaban J connectivity index is 1.17. The lowest BCUT2D eigenvalue weighted by Gasteiger charge is -2.39. The van der Waals surface area contributed by atoms with E-state index in [0.29, 0.717) is 11.8 Å². The summed E-state index contributed by atoms with van der Waals surface area (Å²) in [5, 5.41) is 4.32. The van der Waals surface area contributed by atoms with Crippen molar-refractivity contribution in [3.05, 3.63) is 36.2 Å². The Morgan fingerprint density at radius 2 is 1.90 bits per heavy atom.